The minimum Gasteiger partial charge on any atom is -0.465 e. The van der Waals surface area contributed by atoms with Crippen molar-refractivity contribution >= 4 is 12.2 Å². The maximum atomic E-state index is 11.0. The summed E-state index contributed by atoms with van der Waals surface area (Å²) in [6.07, 6.45) is 0.0358. The van der Waals surface area contributed by atoms with Crippen molar-refractivity contribution < 1.29 is 19.4 Å². The highest BCUT2D eigenvalue weighted by Gasteiger charge is 2.06. The number of nitrogens with one attached hydrogen (secondary N) is 2. The monoisotopic (exact) mass is 232 g/mol. The Morgan fingerprint density at radius 2 is 2.06 bits per heavy atom. The third kappa shape index (κ3) is 9.11. The lowest BCUT2D eigenvalue weighted by atomic mass is 10.1. The SMILES string of the molecule is CCCOC(=O)NCC(C)CCNC(=O)O. The second-order valence-corrected chi connectivity index (χ2v) is 3.64. The van der Waals surface area contributed by atoms with Gasteiger partial charge in [-0.1, -0.05) is 13.8 Å². The third-order valence-corrected chi connectivity index (χ3v) is 1.95. The van der Waals surface area contributed by atoms with E-state index in [0.717, 1.165) is 6.42 Å². The molecule has 0 aromatic heterocycles. The Balaban J connectivity index is 3.45. The Morgan fingerprint density at radius 3 is 2.62 bits per heavy atom. The van der Waals surface area contributed by atoms with Crippen LogP contribution in [0, 0.1) is 5.92 Å². The molecule has 0 saturated carbocycles. The van der Waals surface area contributed by atoms with Crippen LogP contribution in [0.3, 0.4) is 0 Å². The van der Waals surface area contributed by atoms with Crippen LogP contribution in [0.15, 0.2) is 0 Å². The molecule has 6 heteroatoms. The lowest BCUT2D eigenvalue weighted by Crippen LogP contribution is -2.31. The van der Waals surface area contributed by atoms with Crippen LogP contribution in [0.25, 0.3) is 0 Å². The molecule has 2 amide bonds. The summed E-state index contributed by atoms with van der Waals surface area (Å²) in [4.78, 5) is 21.2. The number of carbonyl (C=O) groups excluding carboxylic acids is 1. The van der Waals surface area contributed by atoms with E-state index in [1.807, 2.05) is 13.8 Å². The molecule has 0 fully saturated rings. The second-order valence-electron chi connectivity index (χ2n) is 3.64. The quantitative estimate of drug-likeness (QED) is 0.619. The van der Waals surface area contributed by atoms with Crippen LogP contribution in [0.5, 0.6) is 0 Å². The van der Waals surface area contributed by atoms with E-state index in [1.54, 1.807) is 0 Å². The van der Waals surface area contributed by atoms with E-state index >= 15 is 0 Å². The van der Waals surface area contributed by atoms with Crippen molar-refractivity contribution in [3.05, 3.63) is 0 Å². The van der Waals surface area contributed by atoms with Gasteiger partial charge in [0.05, 0.1) is 6.61 Å². The van der Waals surface area contributed by atoms with Gasteiger partial charge in [-0.05, 0) is 18.8 Å². The van der Waals surface area contributed by atoms with E-state index in [9.17, 15) is 9.59 Å². The van der Waals surface area contributed by atoms with Gasteiger partial charge in [-0.25, -0.2) is 9.59 Å². The van der Waals surface area contributed by atoms with Crippen molar-refractivity contribution in [3.63, 3.8) is 0 Å². The highest BCUT2D eigenvalue weighted by molar-refractivity contribution is 5.67. The average Bonchev–Trinajstić information content (AvgIpc) is 2.23. The number of rotatable bonds is 7. The molecule has 3 N–H and O–H groups in total. The van der Waals surface area contributed by atoms with Crippen molar-refractivity contribution in [1.82, 2.24) is 10.6 Å². The van der Waals surface area contributed by atoms with E-state index in [4.69, 9.17) is 9.84 Å². The third-order valence-electron chi connectivity index (χ3n) is 1.95. The summed E-state index contributed by atoms with van der Waals surface area (Å²) in [7, 11) is 0. The summed E-state index contributed by atoms with van der Waals surface area (Å²) in [5, 5.41) is 13.2. The molecule has 94 valence electrons. The minimum absolute atomic E-state index is 0.209. The zero-order chi connectivity index (χ0) is 12.4. The lowest BCUT2D eigenvalue weighted by molar-refractivity contribution is 0.144. The maximum absolute atomic E-state index is 11.0. The number of ether oxygens (including phenoxy) is 1. The Bertz CT molecular complexity index is 221. The molecular formula is C10H20N2O4. The summed E-state index contributed by atoms with van der Waals surface area (Å²) >= 11 is 0. The van der Waals surface area contributed by atoms with E-state index in [2.05, 4.69) is 10.6 Å². The standard InChI is InChI=1S/C10H20N2O4/c1-3-6-16-10(15)12-7-8(2)4-5-11-9(13)14/h8,11H,3-7H2,1-2H3,(H,12,15)(H,13,14). The summed E-state index contributed by atoms with van der Waals surface area (Å²) in [6.45, 7) is 5.16. The number of alkyl carbamates (subject to hydrolysis) is 1. The molecule has 0 aliphatic heterocycles. The molecular weight excluding hydrogens is 212 g/mol. The molecule has 16 heavy (non-hydrogen) atoms. The molecule has 0 aromatic rings. The summed E-state index contributed by atoms with van der Waals surface area (Å²) in [5.41, 5.74) is 0. The van der Waals surface area contributed by atoms with Crippen LogP contribution >= 0.6 is 0 Å². The van der Waals surface area contributed by atoms with E-state index < -0.39 is 12.2 Å². The molecule has 0 heterocycles. The Labute approximate surface area is 95.4 Å². The fourth-order valence-electron chi connectivity index (χ4n) is 1.03. The van der Waals surface area contributed by atoms with Crippen LogP contribution in [-0.2, 0) is 4.74 Å². The van der Waals surface area contributed by atoms with Gasteiger partial charge in [0.1, 0.15) is 0 Å². The molecule has 1 unspecified atom stereocenters. The zero-order valence-corrected chi connectivity index (χ0v) is 9.78. The van der Waals surface area contributed by atoms with Crippen molar-refractivity contribution in [2.75, 3.05) is 19.7 Å². The summed E-state index contributed by atoms with van der Waals surface area (Å²) in [5.74, 6) is 0.209. The Kier molecular flexibility index (Phi) is 8.01. The van der Waals surface area contributed by atoms with Crippen molar-refractivity contribution in [2.24, 2.45) is 5.92 Å². The molecule has 0 aliphatic rings. The van der Waals surface area contributed by atoms with Gasteiger partial charge in [0.25, 0.3) is 0 Å². The van der Waals surface area contributed by atoms with Gasteiger partial charge < -0.3 is 20.5 Å². The van der Waals surface area contributed by atoms with Gasteiger partial charge in [0, 0.05) is 13.1 Å². The number of carbonyl (C=O) groups is 2. The highest BCUT2D eigenvalue weighted by Crippen LogP contribution is 1.98. The van der Waals surface area contributed by atoms with Crippen molar-refractivity contribution in [1.29, 1.82) is 0 Å². The molecule has 1 atom stereocenters. The van der Waals surface area contributed by atoms with Gasteiger partial charge in [-0.15, -0.1) is 0 Å². The molecule has 0 spiro atoms. The van der Waals surface area contributed by atoms with Gasteiger partial charge in [-0.3, -0.25) is 0 Å². The maximum Gasteiger partial charge on any atom is 0.407 e. The van der Waals surface area contributed by atoms with Gasteiger partial charge in [0.15, 0.2) is 0 Å². The van der Waals surface area contributed by atoms with E-state index in [-0.39, 0.29) is 5.92 Å². The van der Waals surface area contributed by atoms with Gasteiger partial charge >= 0.3 is 12.2 Å². The molecule has 0 radical (unpaired) electrons. The van der Waals surface area contributed by atoms with Gasteiger partial charge in [-0.2, -0.15) is 0 Å². The zero-order valence-electron chi connectivity index (χ0n) is 9.78. The molecule has 0 rings (SSSR count). The van der Waals surface area contributed by atoms with Crippen LogP contribution in [0.2, 0.25) is 0 Å². The second kappa shape index (κ2) is 8.82. The average molecular weight is 232 g/mol. The molecule has 0 saturated heterocycles. The number of hydrogen-bond acceptors (Lipinski definition) is 3. The smallest absolute Gasteiger partial charge is 0.407 e. The first-order valence-corrected chi connectivity index (χ1v) is 5.43. The molecule has 0 bridgehead atoms. The minimum atomic E-state index is -1.03. The van der Waals surface area contributed by atoms with E-state index in [0.29, 0.717) is 26.1 Å². The summed E-state index contributed by atoms with van der Waals surface area (Å²) < 4.78 is 4.82. The topological polar surface area (TPSA) is 87.7 Å². The lowest BCUT2D eigenvalue weighted by Gasteiger charge is -2.12. The predicted octanol–water partition coefficient (Wildman–Crippen LogP) is 1.42. The van der Waals surface area contributed by atoms with Crippen LogP contribution in [-0.4, -0.2) is 37.0 Å². The van der Waals surface area contributed by atoms with Gasteiger partial charge in [0.2, 0.25) is 0 Å². The highest BCUT2D eigenvalue weighted by atomic mass is 16.5. The normalized spacial score (nSPS) is 11.6. The van der Waals surface area contributed by atoms with Crippen LogP contribution in [0.4, 0.5) is 9.59 Å². The first-order valence-electron chi connectivity index (χ1n) is 5.43. The summed E-state index contributed by atoms with van der Waals surface area (Å²) in [6, 6.07) is 0. The number of amides is 2. The number of carboxylic acid groups (broad SMARTS) is 1. The van der Waals surface area contributed by atoms with Crippen molar-refractivity contribution in [2.45, 2.75) is 26.7 Å². The van der Waals surface area contributed by atoms with E-state index in [1.165, 1.54) is 0 Å². The largest absolute Gasteiger partial charge is 0.465 e. The first-order chi connectivity index (χ1) is 7.56. The van der Waals surface area contributed by atoms with Crippen LogP contribution < -0.4 is 10.6 Å². The Morgan fingerprint density at radius 1 is 1.38 bits per heavy atom. The number of hydrogen-bond donors (Lipinski definition) is 3. The Hall–Kier alpha value is -1.46. The van der Waals surface area contributed by atoms with Crippen LogP contribution in [0.1, 0.15) is 26.7 Å². The molecule has 0 aliphatic carbocycles. The van der Waals surface area contributed by atoms with Crippen molar-refractivity contribution in [3.8, 4) is 0 Å². The fraction of sp³-hybridized carbons (Fsp3) is 0.800. The first kappa shape index (κ1) is 14.5. The molecule has 0 aromatic carbocycles. The predicted molar refractivity (Wildman–Crippen MR) is 59.5 cm³/mol. The molecule has 6 nitrogen and oxygen atoms in total. The fourth-order valence-corrected chi connectivity index (χ4v) is 1.03.